The number of carbonyl (C=O) groups excluding carboxylic acids is 1. The molecule has 3 rings (SSSR count). The van der Waals surface area contributed by atoms with Gasteiger partial charge in [0.1, 0.15) is 17.1 Å². The first kappa shape index (κ1) is 35.5. The predicted molar refractivity (Wildman–Crippen MR) is 182 cm³/mol. The first-order valence-corrected chi connectivity index (χ1v) is 19.3. The fourth-order valence-electron chi connectivity index (χ4n) is 6.56. The van der Waals surface area contributed by atoms with E-state index in [4.69, 9.17) is 14.2 Å². The van der Waals surface area contributed by atoms with Gasteiger partial charge in [-0.05, 0) is 107 Å². The minimum absolute atomic E-state index is 0.140. The second-order valence-corrected chi connectivity index (χ2v) is 16.9. The van der Waals surface area contributed by atoms with Crippen LogP contribution in [0.4, 0.5) is 4.79 Å². The Labute approximate surface area is 266 Å². The molecule has 0 amide bonds. The Morgan fingerprint density at radius 1 is 0.929 bits per heavy atom. The third kappa shape index (κ3) is 11.2. The second kappa shape index (κ2) is 17.5. The average molecular weight is 621 g/mol. The monoisotopic (exact) mass is 620 g/mol. The SMILES string of the molecule is Cc1c(C)c2c(c(C)c1OC(=O)OCCC[C@@H]1CCSS1)CC[C@@](C)(CCCC(C)CCCC(C)CCCC(C)C)O2. The molecule has 4 nitrogen and oxygen atoms in total. The highest BCUT2D eigenvalue weighted by Gasteiger charge is 2.35. The summed E-state index contributed by atoms with van der Waals surface area (Å²) in [5.41, 5.74) is 4.11. The van der Waals surface area contributed by atoms with Crippen LogP contribution in [0.5, 0.6) is 11.5 Å². The lowest BCUT2D eigenvalue weighted by molar-refractivity contribution is 0.0509. The van der Waals surface area contributed by atoms with E-state index in [1.807, 2.05) is 28.5 Å². The molecule has 240 valence electrons. The third-order valence-corrected chi connectivity index (χ3v) is 12.6. The Bertz CT molecular complexity index is 987. The van der Waals surface area contributed by atoms with Gasteiger partial charge >= 0.3 is 6.16 Å². The van der Waals surface area contributed by atoms with Crippen molar-refractivity contribution in [1.29, 1.82) is 0 Å². The molecule has 0 spiro atoms. The van der Waals surface area contributed by atoms with Crippen LogP contribution in [0.2, 0.25) is 0 Å². The van der Waals surface area contributed by atoms with E-state index in [0.717, 1.165) is 72.3 Å². The molecule has 0 saturated carbocycles. The van der Waals surface area contributed by atoms with Crippen molar-refractivity contribution in [2.75, 3.05) is 12.4 Å². The van der Waals surface area contributed by atoms with Crippen LogP contribution >= 0.6 is 21.6 Å². The smallest absolute Gasteiger partial charge is 0.487 e. The molecule has 1 aromatic carbocycles. The Morgan fingerprint density at radius 3 is 2.24 bits per heavy atom. The van der Waals surface area contributed by atoms with Crippen LogP contribution in [0.25, 0.3) is 0 Å². The molecule has 4 atom stereocenters. The van der Waals surface area contributed by atoms with Crippen molar-refractivity contribution in [2.24, 2.45) is 17.8 Å². The number of carbonyl (C=O) groups is 1. The normalized spacial score (nSPS) is 21.6. The molecule has 42 heavy (non-hydrogen) atoms. The topological polar surface area (TPSA) is 44.8 Å². The molecule has 6 heteroatoms. The van der Waals surface area contributed by atoms with Crippen molar-refractivity contribution in [1.82, 2.24) is 0 Å². The van der Waals surface area contributed by atoms with Crippen molar-refractivity contribution < 1.29 is 19.0 Å². The van der Waals surface area contributed by atoms with E-state index in [9.17, 15) is 4.79 Å². The fraction of sp³-hybridized carbons (Fsp3) is 0.806. The van der Waals surface area contributed by atoms with Gasteiger partial charge in [-0.3, -0.25) is 0 Å². The van der Waals surface area contributed by atoms with Crippen LogP contribution < -0.4 is 9.47 Å². The van der Waals surface area contributed by atoms with Crippen LogP contribution in [0.3, 0.4) is 0 Å². The van der Waals surface area contributed by atoms with E-state index in [2.05, 4.69) is 48.5 Å². The van der Waals surface area contributed by atoms with Gasteiger partial charge in [-0.15, -0.1) is 0 Å². The summed E-state index contributed by atoms with van der Waals surface area (Å²) in [6, 6.07) is 0. The molecule has 2 unspecified atom stereocenters. The molecule has 2 aliphatic rings. The van der Waals surface area contributed by atoms with Crippen LogP contribution in [-0.2, 0) is 11.2 Å². The van der Waals surface area contributed by atoms with E-state index >= 15 is 0 Å². The Balaban J connectivity index is 1.44. The summed E-state index contributed by atoms with van der Waals surface area (Å²) in [6.07, 6.45) is 16.4. The molecule has 0 bridgehead atoms. The van der Waals surface area contributed by atoms with Gasteiger partial charge in [-0.1, -0.05) is 94.2 Å². The van der Waals surface area contributed by atoms with Gasteiger partial charge in [0.2, 0.25) is 0 Å². The van der Waals surface area contributed by atoms with E-state index in [0.29, 0.717) is 17.6 Å². The Morgan fingerprint density at radius 2 is 1.60 bits per heavy atom. The zero-order valence-corrected chi connectivity index (χ0v) is 29.7. The fourth-order valence-corrected chi connectivity index (χ4v) is 9.58. The van der Waals surface area contributed by atoms with Crippen LogP contribution in [-0.4, -0.2) is 29.4 Å². The van der Waals surface area contributed by atoms with Crippen LogP contribution in [0.1, 0.15) is 140 Å². The number of rotatable bonds is 17. The van der Waals surface area contributed by atoms with Gasteiger partial charge in [0.25, 0.3) is 0 Å². The molecule has 0 radical (unpaired) electrons. The molecule has 1 fully saturated rings. The van der Waals surface area contributed by atoms with Gasteiger partial charge in [-0.25, -0.2) is 4.79 Å². The maximum absolute atomic E-state index is 12.5. The standard InChI is InChI=1S/C36H60O4S2/c1-25(2)13-9-14-26(3)15-10-16-27(4)17-11-21-36(8)22-19-32-30(7)33(28(5)29(6)34(32)40-36)39-35(37)38-23-12-18-31-20-24-41-42-31/h25-27,31H,9-24H2,1-8H3/t26?,27?,31-,36-/m1/s1. The molecule has 2 aliphatic heterocycles. The number of hydrogen-bond donors (Lipinski definition) is 0. The average Bonchev–Trinajstić information content (AvgIpc) is 3.45. The maximum atomic E-state index is 12.5. The summed E-state index contributed by atoms with van der Waals surface area (Å²) in [5.74, 6) is 5.36. The van der Waals surface area contributed by atoms with Crippen molar-refractivity contribution in [2.45, 2.75) is 156 Å². The lowest BCUT2D eigenvalue weighted by Gasteiger charge is -2.38. The number of ether oxygens (including phenoxy) is 3. The zero-order chi connectivity index (χ0) is 30.7. The first-order chi connectivity index (χ1) is 20.0. The van der Waals surface area contributed by atoms with Crippen molar-refractivity contribution in [3.63, 3.8) is 0 Å². The molecular weight excluding hydrogens is 561 g/mol. The molecule has 0 N–H and O–H groups in total. The van der Waals surface area contributed by atoms with Crippen molar-refractivity contribution in [3.05, 3.63) is 22.3 Å². The number of fused-ring (bicyclic) bond motifs is 1. The van der Waals surface area contributed by atoms with Gasteiger partial charge in [0.15, 0.2) is 0 Å². The van der Waals surface area contributed by atoms with E-state index in [-0.39, 0.29) is 5.60 Å². The summed E-state index contributed by atoms with van der Waals surface area (Å²) in [4.78, 5) is 12.5. The molecule has 0 aliphatic carbocycles. The molecule has 1 aromatic rings. The maximum Gasteiger partial charge on any atom is 0.513 e. The Hall–Kier alpha value is -1.01. The number of hydrogen-bond acceptors (Lipinski definition) is 6. The van der Waals surface area contributed by atoms with Gasteiger partial charge in [0, 0.05) is 16.6 Å². The molecular formula is C36H60O4S2. The summed E-state index contributed by atoms with van der Waals surface area (Å²) >= 11 is 0. The highest BCUT2D eigenvalue weighted by molar-refractivity contribution is 8.77. The zero-order valence-electron chi connectivity index (χ0n) is 28.1. The summed E-state index contributed by atoms with van der Waals surface area (Å²) in [5, 5.41) is 0.694. The van der Waals surface area contributed by atoms with E-state index in [1.54, 1.807) is 0 Å². The largest absolute Gasteiger partial charge is 0.513 e. The van der Waals surface area contributed by atoms with Crippen LogP contribution in [0, 0.1) is 38.5 Å². The predicted octanol–water partition coefficient (Wildman–Crippen LogP) is 11.6. The molecule has 2 heterocycles. The summed E-state index contributed by atoms with van der Waals surface area (Å²) in [6.45, 7) is 18.4. The third-order valence-electron chi connectivity index (χ3n) is 9.64. The van der Waals surface area contributed by atoms with Gasteiger partial charge in [-0.2, -0.15) is 0 Å². The lowest BCUT2D eigenvalue weighted by Crippen LogP contribution is -2.37. The summed E-state index contributed by atoms with van der Waals surface area (Å²) < 4.78 is 18.0. The Kier molecular flexibility index (Phi) is 14.8. The van der Waals surface area contributed by atoms with E-state index in [1.165, 1.54) is 69.1 Å². The van der Waals surface area contributed by atoms with Gasteiger partial charge < -0.3 is 14.2 Å². The molecule has 0 aromatic heterocycles. The highest BCUT2D eigenvalue weighted by Crippen LogP contribution is 2.45. The van der Waals surface area contributed by atoms with Crippen molar-refractivity contribution in [3.8, 4) is 11.5 Å². The highest BCUT2D eigenvalue weighted by atomic mass is 33.1. The number of benzene rings is 1. The first-order valence-electron chi connectivity index (χ1n) is 16.9. The van der Waals surface area contributed by atoms with Gasteiger partial charge in [0.05, 0.1) is 6.61 Å². The second-order valence-electron chi connectivity index (χ2n) is 14.1. The van der Waals surface area contributed by atoms with Crippen LogP contribution in [0.15, 0.2) is 0 Å². The molecule has 1 saturated heterocycles. The van der Waals surface area contributed by atoms with E-state index < -0.39 is 6.16 Å². The van der Waals surface area contributed by atoms with Crippen molar-refractivity contribution >= 4 is 27.7 Å². The lowest BCUT2D eigenvalue weighted by atomic mass is 9.83. The quantitative estimate of drug-likeness (QED) is 0.0747. The minimum Gasteiger partial charge on any atom is -0.487 e. The summed E-state index contributed by atoms with van der Waals surface area (Å²) in [7, 11) is 3.91. The minimum atomic E-state index is -0.592.